The number of nitro benzene ring substituents is 1. The maximum atomic E-state index is 10.9. The zero-order valence-electron chi connectivity index (χ0n) is 9.54. The van der Waals surface area contributed by atoms with Crippen LogP contribution in [0.4, 0.5) is 11.4 Å². The summed E-state index contributed by atoms with van der Waals surface area (Å²) in [5.74, 6) is -1.05. The lowest BCUT2D eigenvalue weighted by molar-refractivity contribution is -0.383. The van der Waals surface area contributed by atoms with Crippen LogP contribution in [0.5, 0.6) is 0 Å². The molecule has 0 spiro atoms. The Bertz CT molecular complexity index is 537. The Hall–Kier alpha value is -2.70. The number of hydrogen-bond acceptors (Lipinski definition) is 4. The Balaban J connectivity index is 3.14. The van der Waals surface area contributed by atoms with E-state index in [1.54, 1.807) is 0 Å². The van der Waals surface area contributed by atoms with Gasteiger partial charge in [-0.15, -0.1) is 0 Å². The number of carbonyl (C=O) groups excluding carboxylic acids is 2. The third-order valence-electron chi connectivity index (χ3n) is 1.97. The average Bonchev–Trinajstić information content (AvgIpc) is 2.26. The number of amides is 2. The number of nitro groups is 1. The second kappa shape index (κ2) is 5.58. The van der Waals surface area contributed by atoms with Crippen molar-refractivity contribution in [3.05, 3.63) is 40.0 Å². The molecule has 0 aliphatic carbocycles. The van der Waals surface area contributed by atoms with E-state index in [0.717, 1.165) is 6.08 Å². The maximum absolute atomic E-state index is 10.9. The monoisotopic (exact) mass is 249 g/mol. The smallest absolute Gasteiger partial charge is 0.293 e. The maximum Gasteiger partial charge on any atom is 0.293 e. The van der Waals surface area contributed by atoms with E-state index in [1.807, 2.05) is 0 Å². The van der Waals surface area contributed by atoms with Crippen LogP contribution in [0.25, 0.3) is 6.08 Å². The lowest BCUT2D eigenvalue weighted by atomic mass is 10.1. The van der Waals surface area contributed by atoms with E-state index in [0.29, 0.717) is 5.56 Å². The molecule has 0 aliphatic rings. The molecule has 94 valence electrons. The number of carbonyl (C=O) groups is 2. The molecule has 18 heavy (non-hydrogen) atoms. The summed E-state index contributed by atoms with van der Waals surface area (Å²) in [5.41, 5.74) is 5.20. The Labute approximate surface area is 102 Å². The predicted octanol–water partition coefficient (Wildman–Crippen LogP) is 1.05. The van der Waals surface area contributed by atoms with E-state index < -0.39 is 16.7 Å². The van der Waals surface area contributed by atoms with Gasteiger partial charge in [0.05, 0.1) is 4.92 Å². The minimum absolute atomic E-state index is 0.101. The van der Waals surface area contributed by atoms with Crippen molar-refractivity contribution >= 4 is 29.3 Å². The predicted molar refractivity (Wildman–Crippen MR) is 65.6 cm³/mol. The molecular weight excluding hydrogens is 238 g/mol. The summed E-state index contributed by atoms with van der Waals surface area (Å²) < 4.78 is 0. The summed E-state index contributed by atoms with van der Waals surface area (Å²) in [5, 5.41) is 13.2. The highest BCUT2D eigenvalue weighted by atomic mass is 16.6. The van der Waals surface area contributed by atoms with Gasteiger partial charge in [0.25, 0.3) is 5.69 Å². The van der Waals surface area contributed by atoms with Gasteiger partial charge < -0.3 is 11.1 Å². The van der Waals surface area contributed by atoms with Gasteiger partial charge in [0.2, 0.25) is 11.8 Å². The van der Waals surface area contributed by atoms with Crippen LogP contribution in [-0.2, 0) is 9.59 Å². The topological polar surface area (TPSA) is 115 Å². The van der Waals surface area contributed by atoms with Crippen LogP contribution in [0.15, 0.2) is 24.3 Å². The van der Waals surface area contributed by atoms with E-state index >= 15 is 0 Å². The van der Waals surface area contributed by atoms with Crippen LogP contribution in [-0.4, -0.2) is 16.7 Å². The third kappa shape index (κ3) is 3.71. The van der Waals surface area contributed by atoms with Gasteiger partial charge in [0.1, 0.15) is 5.69 Å². The molecule has 7 heteroatoms. The molecule has 0 radical (unpaired) electrons. The molecular formula is C11H11N3O4. The first-order valence-electron chi connectivity index (χ1n) is 4.93. The quantitative estimate of drug-likeness (QED) is 0.471. The Morgan fingerprint density at radius 2 is 2.11 bits per heavy atom. The van der Waals surface area contributed by atoms with Gasteiger partial charge in [-0.1, -0.05) is 6.07 Å². The fourth-order valence-corrected chi connectivity index (χ4v) is 1.28. The first-order chi connectivity index (χ1) is 8.40. The van der Waals surface area contributed by atoms with Gasteiger partial charge in [-0.2, -0.15) is 0 Å². The van der Waals surface area contributed by atoms with Gasteiger partial charge in [0.15, 0.2) is 0 Å². The van der Waals surface area contributed by atoms with E-state index in [1.165, 1.54) is 31.2 Å². The number of nitrogens with zero attached hydrogens (tertiary/aromatic N) is 1. The normalized spacial score (nSPS) is 10.3. The molecule has 0 saturated heterocycles. The fourth-order valence-electron chi connectivity index (χ4n) is 1.28. The third-order valence-corrected chi connectivity index (χ3v) is 1.97. The summed E-state index contributed by atoms with van der Waals surface area (Å²) in [6.07, 6.45) is 2.45. The number of anilines is 1. The van der Waals surface area contributed by atoms with Crippen molar-refractivity contribution in [1.29, 1.82) is 0 Å². The molecule has 0 atom stereocenters. The minimum Gasteiger partial charge on any atom is -0.366 e. The van der Waals surface area contributed by atoms with Gasteiger partial charge in [-0.3, -0.25) is 19.7 Å². The first kappa shape index (κ1) is 13.4. The molecule has 3 N–H and O–H groups in total. The van der Waals surface area contributed by atoms with Crippen LogP contribution in [0.3, 0.4) is 0 Å². The van der Waals surface area contributed by atoms with E-state index in [2.05, 4.69) is 5.32 Å². The van der Waals surface area contributed by atoms with E-state index in [9.17, 15) is 19.7 Å². The Morgan fingerprint density at radius 3 is 2.61 bits per heavy atom. The number of primary amides is 1. The molecule has 2 amide bonds. The first-order valence-corrected chi connectivity index (χ1v) is 4.93. The number of hydrogen-bond donors (Lipinski definition) is 2. The van der Waals surface area contributed by atoms with Crippen molar-refractivity contribution in [2.24, 2.45) is 5.73 Å². The molecule has 0 bridgehead atoms. The van der Waals surface area contributed by atoms with Crippen molar-refractivity contribution in [3.8, 4) is 0 Å². The van der Waals surface area contributed by atoms with Crippen LogP contribution in [0, 0.1) is 10.1 Å². The lowest BCUT2D eigenvalue weighted by Gasteiger charge is -2.04. The van der Waals surface area contributed by atoms with Gasteiger partial charge in [-0.25, -0.2) is 0 Å². The molecule has 0 aliphatic heterocycles. The van der Waals surface area contributed by atoms with Crippen molar-refractivity contribution in [2.45, 2.75) is 6.92 Å². The molecule has 7 nitrogen and oxygen atoms in total. The SMILES string of the molecule is CC(=O)Nc1ccc(C=CC(N)=O)cc1[N+](=O)[O-]. The molecule has 1 aromatic carbocycles. The fraction of sp³-hybridized carbons (Fsp3) is 0.0909. The van der Waals surface area contributed by atoms with Crippen LogP contribution >= 0.6 is 0 Å². The summed E-state index contributed by atoms with van der Waals surface area (Å²) in [7, 11) is 0. The molecule has 1 aromatic rings. The van der Waals surface area contributed by atoms with E-state index in [-0.39, 0.29) is 11.4 Å². The molecule has 0 saturated carbocycles. The number of nitrogens with two attached hydrogens (primary N) is 1. The molecule has 0 fully saturated rings. The van der Waals surface area contributed by atoms with Crippen molar-refractivity contribution < 1.29 is 14.5 Å². The molecule has 0 heterocycles. The zero-order chi connectivity index (χ0) is 13.7. The van der Waals surface area contributed by atoms with E-state index in [4.69, 9.17) is 5.73 Å². The summed E-state index contributed by atoms with van der Waals surface area (Å²) in [6, 6.07) is 4.16. The van der Waals surface area contributed by atoms with Crippen LogP contribution in [0.2, 0.25) is 0 Å². The highest BCUT2D eigenvalue weighted by molar-refractivity contribution is 5.92. The average molecular weight is 249 g/mol. The summed E-state index contributed by atoms with van der Waals surface area (Å²) >= 11 is 0. The van der Waals surface area contributed by atoms with Crippen LogP contribution < -0.4 is 11.1 Å². The molecule has 0 aromatic heterocycles. The minimum atomic E-state index is -0.649. The number of rotatable bonds is 4. The van der Waals surface area contributed by atoms with Gasteiger partial charge in [-0.05, 0) is 17.7 Å². The van der Waals surface area contributed by atoms with Gasteiger partial charge in [0, 0.05) is 19.1 Å². The second-order valence-electron chi connectivity index (χ2n) is 3.45. The second-order valence-corrected chi connectivity index (χ2v) is 3.45. The number of benzene rings is 1. The Kier molecular flexibility index (Phi) is 4.14. The largest absolute Gasteiger partial charge is 0.366 e. The number of nitrogens with one attached hydrogen (secondary N) is 1. The highest BCUT2D eigenvalue weighted by Gasteiger charge is 2.14. The summed E-state index contributed by atoms with van der Waals surface area (Å²) in [4.78, 5) is 31.6. The van der Waals surface area contributed by atoms with Crippen molar-refractivity contribution in [2.75, 3.05) is 5.32 Å². The lowest BCUT2D eigenvalue weighted by Crippen LogP contribution is -2.08. The van der Waals surface area contributed by atoms with Gasteiger partial charge >= 0.3 is 0 Å². The zero-order valence-corrected chi connectivity index (χ0v) is 9.54. The molecule has 1 rings (SSSR count). The van der Waals surface area contributed by atoms with Crippen LogP contribution in [0.1, 0.15) is 12.5 Å². The van der Waals surface area contributed by atoms with Crippen molar-refractivity contribution in [3.63, 3.8) is 0 Å². The standard InChI is InChI=1S/C11H11N3O4/c1-7(15)13-9-4-2-8(3-5-11(12)16)6-10(9)14(17)18/h2-6H,1H3,(H2,12,16)(H,13,15). The highest BCUT2D eigenvalue weighted by Crippen LogP contribution is 2.26. The summed E-state index contributed by atoms with van der Waals surface area (Å²) in [6.45, 7) is 1.25. The van der Waals surface area contributed by atoms with Crippen molar-refractivity contribution in [1.82, 2.24) is 0 Å². The Morgan fingerprint density at radius 1 is 1.44 bits per heavy atom. The molecule has 0 unspecified atom stereocenters.